The number of piperidine rings is 1. The third kappa shape index (κ3) is 3.05. The van der Waals surface area contributed by atoms with E-state index in [1.54, 1.807) is 0 Å². The Morgan fingerprint density at radius 1 is 1.29 bits per heavy atom. The van der Waals surface area contributed by atoms with Crippen LogP contribution < -0.4 is 10.2 Å². The van der Waals surface area contributed by atoms with Crippen molar-refractivity contribution in [3.8, 4) is 0 Å². The van der Waals surface area contributed by atoms with Crippen LogP contribution in [0.4, 0.5) is 5.69 Å². The minimum atomic E-state index is 0.549. The van der Waals surface area contributed by atoms with E-state index >= 15 is 0 Å². The Bertz CT molecular complexity index is 491. The van der Waals surface area contributed by atoms with Crippen molar-refractivity contribution >= 4 is 17.3 Å². The maximum absolute atomic E-state index is 6.44. The molecule has 4 heteroatoms. The highest BCUT2D eigenvalue weighted by Gasteiger charge is 2.33. The summed E-state index contributed by atoms with van der Waals surface area (Å²) in [6.07, 6.45) is 4.08. The highest BCUT2D eigenvalue weighted by atomic mass is 35.5. The first-order valence-electron chi connectivity index (χ1n) is 8.13. The zero-order valence-electron chi connectivity index (χ0n) is 13.1. The third-order valence-corrected chi connectivity index (χ3v) is 5.30. The van der Waals surface area contributed by atoms with Gasteiger partial charge in [0.05, 0.1) is 0 Å². The zero-order chi connectivity index (χ0) is 14.8. The monoisotopic (exact) mass is 307 g/mol. The Labute approximate surface area is 133 Å². The van der Waals surface area contributed by atoms with Crippen LogP contribution in [0.3, 0.4) is 0 Å². The Kier molecular flexibility index (Phi) is 4.72. The van der Waals surface area contributed by atoms with Gasteiger partial charge in [-0.3, -0.25) is 4.90 Å². The molecule has 2 heterocycles. The van der Waals surface area contributed by atoms with E-state index in [-0.39, 0.29) is 0 Å². The van der Waals surface area contributed by atoms with Crippen LogP contribution in [0, 0.1) is 0 Å². The number of fused-ring (bicyclic) bond motifs is 1. The summed E-state index contributed by atoms with van der Waals surface area (Å²) in [5.74, 6) is 0. The van der Waals surface area contributed by atoms with Gasteiger partial charge in [-0.25, -0.2) is 0 Å². The average molecular weight is 308 g/mol. The fraction of sp³-hybridized carbons (Fsp3) is 0.647. The van der Waals surface area contributed by atoms with Crippen molar-refractivity contribution in [2.24, 2.45) is 0 Å². The second-order valence-electron chi connectivity index (χ2n) is 6.41. The summed E-state index contributed by atoms with van der Waals surface area (Å²) in [6.45, 7) is 6.76. The molecule has 1 aromatic carbocycles. The number of rotatable bonds is 3. The summed E-state index contributed by atoms with van der Waals surface area (Å²) in [5, 5.41) is 4.13. The molecule has 2 saturated heterocycles. The second kappa shape index (κ2) is 6.55. The summed E-state index contributed by atoms with van der Waals surface area (Å²) >= 11 is 6.44. The van der Waals surface area contributed by atoms with Crippen LogP contribution >= 0.6 is 11.6 Å². The SMILES string of the molecule is CNCc1c(Cl)cccc1N1CC2CCCCN2CC1C. The standard InChI is InChI=1S/C17H26ClN3/c1-13-11-20-9-4-3-6-14(20)12-21(13)17-8-5-7-16(18)15(17)10-19-2/h5,7-8,13-14,19H,3-4,6,9-12H2,1-2H3. The number of benzene rings is 1. The quantitative estimate of drug-likeness (QED) is 0.925. The molecule has 0 amide bonds. The lowest BCUT2D eigenvalue weighted by atomic mass is 9.96. The predicted octanol–water partition coefficient (Wildman–Crippen LogP) is 3.12. The molecule has 0 radical (unpaired) electrons. The van der Waals surface area contributed by atoms with Crippen molar-refractivity contribution in [3.63, 3.8) is 0 Å². The molecule has 2 atom stereocenters. The Hall–Kier alpha value is -0.770. The normalized spacial score (nSPS) is 26.7. The lowest BCUT2D eigenvalue weighted by molar-refractivity contribution is 0.115. The molecule has 2 aliphatic rings. The van der Waals surface area contributed by atoms with Gasteiger partial charge in [-0.05, 0) is 45.5 Å². The van der Waals surface area contributed by atoms with Crippen LogP contribution in [-0.2, 0) is 6.54 Å². The summed E-state index contributed by atoms with van der Waals surface area (Å²) in [6, 6.07) is 7.58. The summed E-state index contributed by atoms with van der Waals surface area (Å²) in [4.78, 5) is 5.26. The third-order valence-electron chi connectivity index (χ3n) is 4.94. The molecule has 2 unspecified atom stereocenters. The maximum Gasteiger partial charge on any atom is 0.0471 e. The molecular formula is C17H26ClN3. The molecule has 0 aliphatic carbocycles. The summed E-state index contributed by atoms with van der Waals surface area (Å²) in [7, 11) is 1.98. The van der Waals surface area contributed by atoms with Gasteiger partial charge in [0.15, 0.2) is 0 Å². The van der Waals surface area contributed by atoms with E-state index in [2.05, 4.69) is 34.2 Å². The zero-order valence-corrected chi connectivity index (χ0v) is 13.9. The van der Waals surface area contributed by atoms with Crippen LogP contribution in [0.25, 0.3) is 0 Å². The smallest absolute Gasteiger partial charge is 0.0471 e. The van der Waals surface area contributed by atoms with E-state index in [0.29, 0.717) is 6.04 Å². The first-order chi connectivity index (χ1) is 10.2. The van der Waals surface area contributed by atoms with Crippen LogP contribution in [0.15, 0.2) is 18.2 Å². The van der Waals surface area contributed by atoms with Crippen LogP contribution in [0.2, 0.25) is 5.02 Å². The number of nitrogens with zero attached hydrogens (tertiary/aromatic N) is 2. The largest absolute Gasteiger partial charge is 0.366 e. The first-order valence-corrected chi connectivity index (χ1v) is 8.51. The first kappa shape index (κ1) is 15.1. The van der Waals surface area contributed by atoms with Gasteiger partial charge < -0.3 is 10.2 Å². The lowest BCUT2D eigenvalue weighted by Gasteiger charge is -2.49. The maximum atomic E-state index is 6.44. The molecule has 0 spiro atoms. The molecule has 3 nitrogen and oxygen atoms in total. The molecule has 2 aliphatic heterocycles. The van der Waals surface area contributed by atoms with Crippen molar-refractivity contribution in [3.05, 3.63) is 28.8 Å². The molecule has 21 heavy (non-hydrogen) atoms. The van der Waals surface area contributed by atoms with E-state index in [9.17, 15) is 0 Å². The number of nitrogens with one attached hydrogen (secondary N) is 1. The van der Waals surface area contributed by atoms with Gasteiger partial charge in [-0.2, -0.15) is 0 Å². The molecular weight excluding hydrogens is 282 g/mol. The lowest BCUT2D eigenvalue weighted by Crippen LogP contribution is -2.59. The average Bonchev–Trinajstić information content (AvgIpc) is 2.49. The van der Waals surface area contributed by atoms with E-state index < -0.39 is 0 Å². The fourth-order valence-corrected chi connectivity index (χ4v) is 4.09. The van der Waals surface area contributed by atoms with Gasteiger partial charge in [0.2, 0.25) is 0 Å². The van der Waals surface area contributed by atoms with E-state index in [0.717, 1.165) is 24.2 Å². The van der Waals surface area contributed by atoms with Gasteiger partial charge in [0, 0.05) is 48.0 Å². The second-order valence-corrected chi connectivity index (χ2v) is 6.82. The van der Waals surface area contributed by atoms with Gasteiger partial charge in [0.1, 0.15) is 0 Å². The fourth-order valence-electron chi connectivity index (χ4n) is 3.86. The Morgan fingerprint density at radius 2 is 2.14 bits per heavy atom. The number of hydrogen-bond acceptors (Lipinski definition) is 3. The highest BCUT2D eigenvalue weighted by Crippen LogP contribution is 2.33. The molecule has 2 fully saturated rings. The molecule has 0 aromatic heterocycles. The van der Waals surface area contributed by atoms with Crippen molar-refractivity contribution in [2.75, 3.05) is 31.6 Å². The molecule has 0 bridgehead atoms. The highest BCUT2D eigenvalue weighted by molar-refractivity contribution is 6.31. The van der Waals surface area contributed by atoms with Crippen molar-refractivity contribution in [1.29, 1.82) is 0 Å². The Morgan fingerprint density at radius 3 is 2.95 bits per heavy atom. The van der Waals surface area contributed by atoms with Gasteiger partial charge in [0.25, 0.3) is 0 Å². The minimum absolute atomic E-state index is 0.549. The number of hydrogen-bond donors (Lipinski definition) is 1. The van der Waals surface area contributed by atoms with Crippen LogP contribution in [0.1, 0.15) is 31.7 Å². The van der Waals surface area contributed by atoms with Crippen molar-refractivity contribution < 1.29 is 0 Å². The van der Waals surface area contributed by atoms with E-state index in [4.69, 9.17) is 11.6 Å². The Balaban J connectivity index is 1.87. The van der Waals surface area contributed by atoms with Gasteiger partial charge in [-0.15, -0.1) is 0 Å². The number of piperazine rings is 1. The molecule has 1 N–H and O–H groups in total. The minimum Gasteiger partial charge on any atom is -0.366 e. The molecule has 116 valence electrons. The van der Waals surface area contributed by atoms with E-state index in [1.165, 1.54) is 43.6 Å². The summed E-state index contributed by atoms with van der Waals surface area (Å²) < 4.78 is 0. The van der Waals surface area contributed by atoms with E-state index in [1.807, 2.05) is 13.1 Å². The summed E-state index contributed by atoms with van der Waals surface area (Å²) in [5.41, 5.74) is 2.55. The van der Waals surface area contributed by atoms with Gasteiger partial charge >= 0.3 is 0 Å². The molecule has 0 saturated carbocycles. The van der Waals surface area contributed by atoms with Gasteiger partial charge in [-0.1, -0.05) is 24.1 Å². The molecule has 3 rings (SSSR count). The predicted molar refractivity (Wildman–Crippen MR) is 90.2 cm³/mol. The van der Waals surface area contributed by atoms with Crippen molar-refractivity contribution in [1.82, 2.24) is 10.2 Å². The van der Waals surface area contributed by atoms with Crippen LogP contribution in [-0.4, -0.2) is 43.7 Å². The van der Waals surface area contributed by atoms with Crippen molar-refractivity contribution in [2.45, 2.75) is 44.8 Å². The van der Waals surface area contributed by atoms with Crippen LogP contribution in [0.5, 0.6) is 0 Å². The number of anilines is 1. The topological polar surface area (TPSA) is 18.5 Å². The number of halogens is 1. The molecule has 1 aromatic rings.